The summed E-state index contributed by atoms with van der Waals surface area (Å²) in [6.45, 7) is 4.30. The van der Waals surface area contributed by atoms with Gasteiger partial charge in [-0.15, -0.1) is 0 Å². The normalized spacial score (nSPS) is 20.9. The number of pyridine rings is 2. The first-order valence-electron chi connectivity index (χ1n) is 10.1. The van der Waals surface area contributed by atoms with Gasteiger partial charge in [-0.05, 0) is 29.8 Å². The SMILES string of the molecule is CC.O=c1cc[nH]c2c1ccc1cc([P@@]3(=O)OCC[C@H](c4cccc(Cl)c4)O3)cnc12. The van der Waals surface area contributed by atoms with Crippen molar-refractivity contribution in [3.8, 4) is 0 Å². The highest BCUT2D eigenvalue weighted by molar-refractivity contribution is 7.62. The van der Waals surface area contributed by atoms with Crippen LogP contribution in [-0.2, 0) is 13.6 Å². The Morgan fingerprint density at radius 3 is 2.81 bits per heavy atom. The number of benzene rings is 2. The van der Waals surface area contributed by atoms with Crippen molar-refractivity contribution in [2.45, 2.75) is 26.4 Å². The van der Waals surface area contributed by atoms with Gasteiger partial charge in [0.05, 0.1) is 29.0 Å². The van der Waals surface area contributed by atoms with Crippen LogP contribution in [0.15, 0.2) is 65.7 Å². The Balaban J connectivity index is 0.00000112. The van der Waals surface area contributed by atoms with Gasteiger partial charge in [0.1, 0.15) is 0 Å². The van der Waals surface area contributed by atoms with Crippen molar-refractivity contribution in [2.24, 2.45) is 0 Å². The van der Waals surface area contributed by atoms with E-state index in [1.165, 1.54) is 12.3 Å². The molecule has 0 saturated carbocycles. The molecule has 1 aliphatic heterocycles. The van der Waals surface area contributed by atoms with Crippen molar-refractivity contribution in [3.63, 3.8) is 0 Å². The molecule has 31 heavy (non-hydrogen) atoms. The van der Waals surface area contributed by atoms with Crippen LogP contribution in [0.5, 0.6) is 0 Å². The topological polar surface area (TPSA) is 81.3 Å². The molecule has 6 nitrogen and oxygen atoms in total. The number of rotatable bonds is 2. The fourth-order valence-corrected chi connectivity index (χ4v) is 5.52. The Kier molecular flexibility index (Phi) is 6.26. The molecule has 160 valence electrons. The molecule has 2 atom stereocenters. The van der Waals surface area contributed by atoms with Gasteiger partial charge in [0.25, 0.3) is 0 Å². The van der Waals surface area contributed by atoms with Crippen LogP contribution in [0.1, 0.15) is 31.9 Å². The van der Waals surface area contributed by atoms with Gasteiger partial charge in [-0.2, -0.15) is 0 Å². The Morgan fingerprint density at radius 1 is 1.16 bits per heavy atom. The van der Waals surface area contributed by atoms with Crippen molar-refractivity contribution in [1.29, 1.82) is 0 Å². The molecule has 0 unspecified atom stereocenters. The van der Waals surface area contributed by atoms with Crippen LogP contribution in [-0.4, -0.2) is 16.6 Å². The summed E-state index contributed by atoms with van der Waals surface area (Å²) >= 11 is 6.09. The zero-order valence-corrected chi connectivity index (χ0v) is 18.8. The minimum Gasteiger partial charge on any atom is -0.359 e. The lowest BCUT2D eigenvalue weighted by atomic mass is 10.1. The highest BCUT2D eigenvalue weighted by atomic mass is 35.5. The maximum Gasteiger partial charge on any atom is 0.363 e. The number of aromatic amines is 1. The van der Waals surface area contributed by atoms with E-state index in [0.717, 1.165) is 10.9 Å². The predicted molar refractivity (Wildman–Crippen MR) is 124 cm³/mol. The number of aromatic nitrogens is 2. The molecule has 0 spiro atoms. The first-order valence-corrected chi connectivity index (χ1v) is 12.0. The average Bonchev–Trinajstić information content (AvgIpc) is 2.80. The van der Waals surface area contributed by atoms with Crippen LogP contribution in [0, 0.1) is 0 Å². The van der Waals surface area contributed by atoms with E-state index in [1.54, 1.807) is 30.5 Å². The molecule has 2 aromatic carbocycles. The standard InChI is InChI=1S/C21H16ClN2O4P.C2H6/c22-15-3-1-2-13(10-15)19-7-9-27-29(26,28-19)16-11-14-4-5-17-18(25)6-8-23-21(17)20(14)24-12-16;1-2/h1-6,8,10-12,19H,7,9H2,(H,23,25);1-2H3/t19-,29-;/m1./s1. The van der Waals surface area contributed by atoms with Crippen molar-refractivity contribution in [3.05, 3.63) is 81.7 Å². The molecule has 5 rings (SSSR count). The van der Waals surface area contributed by atoms with Crippen molar-refractivity contribution in [1.82, 2.24) is 9.97 Å². The van der Waals surface area contributed by atoms with Crippen LogP contribution >= 0.6 is 19.2 Å². The van der Waals surface area contributed by atoms with Gasteiger partial charge >= 0.3 is 7.60 Å². The summed E-state index contributed by atoms with van der Waals surface area (Å²) < 4.78 is 25.0. The molecule has 8 heteroatoms. The van der Waals surface area contributed by atoms with E-state index >= 15 is 0 Å². The molecule has 0 aliphatic carbocycles. The van der Waals surface area contributed by atoms with Gasteiger partial charge in [-0.3, -0.25) is 18.9 Å². The molecular formula is C23H22ClN2O4P. The molecular weight excluding hydrogens is 435 g/mol. The molecule has 3 heterocycles. The summed E-state index contributed by atoms with van der Waals surface area (Å²) in [5.74, 6) is 0. The first kappa shape index (κ1) is 21.7. The average molecular weight is 457 g/mol. The Bertz CT molecular complexity index is 1350. The van der Waals surface area contributed by atoms with Gasteiger partial charge < -0.3 is 9.51 Å². The van der Waals surface area contributed by atoms with Crippen LogP contribution in [0.4, 0.5) is 0 Å². The summed E-state index contributed by atoms with van der Waals surface area (Å²) in [5, 5.41) is 2.28. The minimum absolute atomic E-state index is 0.0809. The summed E-state index contributed by atoms with van der Waals surface area (Å²) in [6.07, 6.45) is 3.29. The summed E-state index contributed by atoms with van der Waals surface area (Å²) in [4.78, 5) is 19.6. The van der Waals surface area contributed by atoms with E-state index < -0.39 is 7.60 Å². The smallest absolute Gasteiger partial charge is 0.359 e. The van der Waals surface area contributed by atoms with E-state index in [0.29, 0.717) is 39.8 Å². The molecule has 2 aromatic heterocycles. The molecule has 1 fully saturated rings. The quantitative estimate of drug-likeness (QED) is 0.306. The van der Waals surface area contributed by atoms with Gasteiger partial charge in [-0.25, -0.2) is 0 Å². The molecule has 0 amide bonds. The van der Waals surface area contributed by atoms with E-state index in [9.17, 15) is 9.36 Å². The number of halogens is 1. The molecule has 1 N–H and O–H groups in total. The molecule has 1 saturated heterocycles. The lowest BCUT2D eigenvalue weighted by Crippen LogP contribution is -2.20. The zero-order valence-electron chi connectivity index (χ0n) is 17.2. The summed E-state index contributed by atoms with van der Waals surface area (Å²) in [6, 6.07) is 14.1. The van der Waals surface area contributed by atoms with E-state index in [1.807, 2.05) is 32.0 Å². The van der Waals surface area contributed by atoms with Gasteiger partial charge in [0.15, 0.2) is 5.43 Å². The maximum atomic E-state index is 13.5. The monoisotopic (exact) mass is 456 g/mol. The predicted octanol–water partition coefficient (Wildman–Crippen LogP) is 5.75. The van der Waals surface area contributed by atoms with Crippen LogP contribution in [0.3, 0.4) is 0 Å². The second kappa shape index (κ2) is 8.93. The van der Waals surface area contributed by atoms with Crippen molar-refractivity contribution >= 4 is 46.3 Å². The summed E-state index contributed by atoms with van der Waals surface area (Å²) in [5.41, 5.74) is 2.04. The van der Waals surface area contributed by atoms with Crippen LogP contribution < -0.4 is 10.7 Å². The lowest BCUT2D eigenvalue weighted by Gasteiger charge is -2.30. The first-order chi connectivity index (χ1) is 15.0. The third kappa shape index (κ3) is 4.17. The zero-order chi connectivity index (χ0) is 22.0. The minimum atomic E-state index is -3.55. The second-order valence-corrected chi connectivity index (χ2v) is 9.28. The third-order valence-electron chi connectivity index (χ3n) is 5.01. The maximum absolute atomic E-state index is 13.5. The van der Waals surface area contributed by atoms with Gasteiger partial charge in [0, 0.05) is 40.7 Å². The second-order valence-electron chi connectivity index (χ2n) is 6.86. The Morgan fingerprint density at radius 2 is 2.00 bits per heavy atom. The third-order valence-corrected chi connectivity index (χ3v) is 7.18. The lowest BCUT2D eigenvalue weighted by molar-refractivity contribution is 0.0875. The number of nitrogens with one attached hydrogen (secondary N) is 1. The summed E-state index contributed by atoms with van der Waals surface area (Å²) in [7, 11) is -3.55. The largest absolute Gasteiger partial charge is 0.363 e. The van der Waals surface area contributed by atoms with Crippen molar-refractivity contribution < 1.29 is 13.6 Å². The Hall–Kier alpha value is -2.50. The van der Waals surface area contributed by atoms with Gasteiger partial charge in [-0.1, -0.05) is 43.6 Å². The van der Waals surface area contributed by atoms with E-state index in [4.69, 9.17) is 20.6 Å². The number of hydrogen-bond acceptors (Lipinski definition) is 5. The molecule has 0 bridgehead atoms. The number of H-pyrrole nitrogens is 1. The molecule has 4 aromatic rings. The van der Waals surface area contributed by atoms with Crippen LogP contribution in [0.25, 0.3) is 21.8 Å². The molecule has 0 radical (unpaired) electrons. The molecule has 1 aliphatic rings. The number of fused-ring (bicyclic) bond motifs is 3. The van der Waals surface area contributed by atoms with Gasteiger partial charge in [0.2, 0.25) is 0 Å². The Labute approximate surface area is 184 Å². The van der Waals surface area contributed by atoms with Crippen LogP contribution in [0.2, 0.25) is 5.02 Å². The fraction of sp³-hybridized carbons (Fsp3) is 0.217. The number of hydrogen-bond donors (Lipinski definition) is 1. The van der Waals surface area contributed by atoms with Crippen molar-refractivity contribution in [2.75, 3.05) is 6.61 Å². The van der Waals surface area contributed by atoms with E-state index in [-0.39, 0.29) is 11.5 Å². The highest BCUT2D eigenvalue weighted by Gasteiger charge is 2.36. The number of nitrogens with zero attached hydrogens (tertiary/aromatic N) is 1. The highest BCUT2D eigenvalue weighted by Crippen LogP contribution is 2.55. The fourth-order valence-electron chi connectivity index (χ4n) is 3.58. The van der Waals surface area contributed by atoms with E-state index in [2.05, 4.69) is 9.97 Å².